The van der Waals surface area contributed by atoms with Gasteiger partial charge in [-0.1, -0.05) is 30.4 Å². The summed E-state index contributed by atoms with van der Waals surface area (Å²) >= 11 is 0. The molecule has 0 atom stereocenters. The largest absolute Gasteiger partial charge is 0.497 e. The molecule has 0 heterocycles. The Bertz CT molecular complexity index is 672. The molecule has 2 aromatic rings. The minimum Gasteiger partial charge on any atom is -0.497 e. The fourth-order valence-corrected chi connectivity index (χ4v) is 2.00. The molecule has 0 unspecified atom stereocenters. The first-order chi connectivity index (χ1) is 10.7. The van der Waals surface area contributed by atoms with Crippen LogP contribution in [-0.4, -0.2) is 27.3 Å². The number of carbonyl (C=O) groups is 1. The summed E-state index contributed by atoms with van der Waals surface area (Å²) in [5.41, 5.74) is 2.24. The van der Waals surface area contributed by atoms with Crippen molar-refractivity contribution in [3.05, 3.63) is 59.2 Å². The van der Waals surface area contributed by atoms with Gasteiger partial charge in [0, 0.05) is 0 Å². The Hall–Kier alpha value is -2.75. The standard InChI is InChI=1S/C18H18O4/c1-20-15-9-5-13(6-10-15)4-7-14-8-11-16(21-2)12-17(14)18(19)22-3/h4-12H,1-3H3/b7-4+. The molecule has 0 fully saturated rings. The predicted molar refractivity (Wildman–Crippen MR) is 86.3 cm³/mol. The molecule has 0 spiro atoms. The average Bonchev–Trinajstić information content (AvgIpc) is 2.59. The van der Waals surface area contributed by atoms with Gasteiger partial charge in [-0.3, -0.25) is 0 Å². The van der Waals surface area contributed by atoms with Crippen LogP contribution >= 0.6 is 0 Å². The topological polar surface area (TPSA) is 44.8 Å². The third-order valence-corrected chi connectivity index (χ3v) is 3.24. The minimum absolute atomic E-state index is 0.395. The SMILES string of the molecule is COC(=O)c1cc(OC)ccc1/C=C/c1ccc(OC)cc1. The van der Waals surface area contributed by atoms with Gasteiger partial charge in [-0.25, -0.2) is 4.79 Å². The number of hydrogen-bond donors (Lipinski definition) is 0. The number of methoxy groups -OCH3 is 3. The van der Waals surface area contributed by atoms with Gasteiger partial charge in [-0.2, -0.15) is 0 Å². The summed E-state index contributed by atoms with van der Waals surface area (Å²) in [6.45, 7) is 0. The molecule has 0 radical (unpaired) electrons. The third-order valence-electron chi connectivity index (χ3n) is 3.24. The number of rotatable bonds is 5. The van der Waals surface area contributed by atoms with E-state index < -0.39 is 5.97 Å². The van der Waals surface area contributed by atoms with Gasteiger partial charge in [0.25, 0.3) is 0 Å². The van der Waals surface area contributed by atoms with E-state index in [1.165, 1.54) is 7.11 Å². The molecule has 0 saturated heterocycles. The molecule has 0 aliphatic heterocycles. The summed E-state index contributed by atoms with van der Waals surface area (Å²) in [5, 5.41) is 0. The van der Waals surface area contributed by atoms with Crippen molar-refractivity contribution in [1.82, 2.24) is 0 Å². The van der Waals surface area contributed by atoms with E-state index >= 15 is 0 Å². The summed E-state index contributed by atoms with van der Waals surface area (Å²) in [7, 11) is 4.55. The number of esters is 1. The fraction of sp³-hybridized carbons (Fsp3) is 0.167. The van der Waals surface area contributed by atoms with E-state index in [4.69, 9.17) is 14.2 Å². The highest BCUT2D eigenvalue weighted by molar-refractivity contribution is 5.95. The summed E-state index contributed by atoms with van der Waals surface area (Å²) in [6, 6.07) is 12.9. The smallest absolute Gasteiger partial charge is 0.338 e. The number of hydrogen-bond acceptors (Lipinski definition) is 4. The van der Waals surface area contributed by atoms with Crippen molar-refractivity contribution in [2.45, 2.75) is 0 Å². The molecule has 0 saturated carbocycles. The Balaban J connectivity index is 2.30. The van der Waals surface area contributed by atoms with Crippen LogP contribution < -0.4 is 9.47 Å². The molecule has 0 aliphatic rings. The molecular weight excluding hydrogens is 280 g/mol. The lowest BCUT2D eigenvalue weighted by Crippen LogP contribution is -2.04. The van der Waals surface area contributed by atoms with Gasteiger partial charge in [-0.05, 0) is 35.4 Å². The summed E-state index contributed by atoms with van der Waals surface area (Å²) in [4.78, 5) is 11.9. The van der Waals surface area contributed by atoms with Gasteiger partial charge in [0.1, 0.15) is 11.5 Å². The molecule has 4 nitrogen and oxygen atoms in total. The highest BCUT2D eigenvalue weighted by Crippen LogP contribution is 2.21. The van der Waals surface area contributed by atoms with Crippen molar-refractivity contribution >= 4 is 18.1 Å². The van der Waals surface area contributed by atoms with Crippen molar-refractivity contribution in [3.8, 4) is 11.5 Å². The fourth-order valence-electron chi connectivity index (χ4n) is 2.00. The van der Waals surface area contributed by atoms with E-state index in [0.717, 1.165) is 16.9 Å². The first kappa shape index (κ1) is 15.6. The molecule has 0 amide bonds. The highest BCUT2D eigenvalue weighted by Gasteiger charge is 2.11. The van der Waals surface area contributed by atoms with Crippen LogP contribution in [-0.2, 0) is 4.74 Å². The Morgan fingerprint density at radius 3 is 2.09 bits per heavy atom. The first-order valence-corrected chi connectivity index (χ1v) is 6.76. The summed E-state index contributed by atoms with van der Waals surface area (Å²) in [6.07, 6.45) is 3.79. The maximum absolute atomic E-state index is 11.9. The molecule has 2 aromatic carbocycles. The van der Waals surface area contributed by atoms with Crippen LogP contribution in [0.15, 0.2) is 42.5 Å². The molecule has 0 bridgehead atoms. The van der Waals surface area contributed by atoms with Crippen LogP contribution in [0.5, 0.6) is 11.5 Å². The number of benzene rings is 2. The van der Waals surface area contributed by atoms with Crippen LogP contribution in [0.1, 0.15) is 21.5 Å². The second-order valence-electron chi connectivity index (χ2n) is 4.55. The number of ether oxygens (including phenoxy) is 3. The van der Waals surface area contributed by atoms with Crippen molar-refractivity contribution in [2.24, 2.45) is 0 Å². The average molecular weight is 298 g/mol. The van der Waals surface area contributed by atoms with E-state index in [9.17, 15) is 4.79 Å². The van der Waals surface area contributed by atoms with Crippen LogP contribution in [0.25, 0.3) is 12.2 Å². The number of carbonyl (C=O) groups excluding carboxylic acids is 1. The van der Waals surface area contributed by atoms with Crippen LogP contribution in [0.2, 0.25) is 0 Å². The van der Waals surface area contributed by atoms with E-state index in [1.54, 1.807) is 26.4 Å². The normalized spacial score (nSPS) is 10.5. The Kier molecular flexibility index (Phi) is 5.20. The molecule has 2 rings (SSSR count). The van der Waals surface area contributed by atoms with Crippen LogP contribution in [0, 0.1) is 0 Å². The lowest BCUT2D eigenvalue weighted by Gasteiger charge is -2.07. The zero-order valence-corrected chi connectivity index (χ0v) is 12.8. The van der Waals surface area contributed by atoms with Gasteiger partial charge in [0.2, 0.25) is 0 Å². The van der Waals surface area contributed by atoms with E-state index in [1.807, 2.05) is 42.5 Å². The molecular formula is C18H18O4. The van der Waals surface area contributed by atoms with E-state index in [2.05, 4.69) is 0 Å². The second kappa shape index (κ2) is 7.31. The van der Waals surface area contributed by atoms with Crippen molar-refractivity contribution < 1.29 is 19.0 Å². The van der Waals surface area contributed by atoms with Gasteiger partial charge >= 0.3 is 5.97 Å². The van der Waals surface area contributed by atoms with Crippen LogP contribution in [0.3, 0.4) is 0 Å². The lowest BCUT2D eigenvalue weighted by molar-refractivity contribution is 0.0600. The lowest BCUT2D eigenvalue weighted by atomic mass is 10.1. The quantitative estimate of drug-likeness (QED) is 0.624. The molecule has 0 aliphatic carbocycles. The monoisotopic (exact) mass is 298 g/mol. The molecule has 114 valence electrons. The second-order valence-corrected chi connectivity index (χ2v) is 4.55. The van der Waals surface area contributed by atoms with Crippen LogP contribution in [0.4, 0.5) is 0 Å². The Labute approximate surface area is 129 Å². The molecule has 4 heteroatoms. The minimum atomic E-state index is -0.395. The third kappa shape index (κ3) is 3.67. The van der Waals surface area contributed by atoms with Gasteiger partial charge < -0.3 is 14.2 Å². The molecule has 22 heavy (non-hydrogen) atoms. The van der Waals surface area contributed by atoms with Gasteiger partial charge in [0.15, 0.2) is 0 Å². The molecule has 0 aromatic heterocycles. The maximum Gasteiger partial charge on any atom is 0.338 e. The zero-order valence-electron chi connectivity index (χ0n) is 12.8. The predicted octanol–water partition coefficient (Wildman–Crippen LogP) is 3.66. The maximum atomic E-state index is 11.9. The van der Waals surface area contributed by atoms with E-state index in [0.29, 0.717) is 11.3 Å². The van der Waals surface area contributed by atoms with Gasteiger partial charge in [-0.15, -0.1) is 0 Å². The Morgan fingerprint density at radius 2 is 1.50 bits per heavy atom. The van der Waals surface area contributed by atoms with Gasteiger partial charge in [0.05, 0.1) is 26.9 Å². The van der Waals surface area contributed by atoms with Crippen molar-refractivity contribution in [2.75, 3.05) is 21.3 Å². The summed E-state index contributed by atoms with van der Waals surface area (Å²) in [5.74, 6) is 1.02. The highest BCUT2D eigenvalue weighted by atomic mass is 16.5. The van der Waals surface area contributed by atoms with E-state index in [-0.39, 0.29) is 0 Å². The first-order valence-electron chi connectivity index (χ1n) is 6.76. The summed E-state index contributed by atoms with van der Waals surface area (Å²) < 4.78 is 15.1. The van der Waals surface area contributed by atoms with Crippen molar-refractivity contribution in [1.29, 1.82) is 0 Å². The van der Waals surface area contributed by atoms with Crippen molar-refractivity contribution in [3.63, 3.8) is 0 Å². The zero-order chi connectivity index (χ0) is 15.9. The Morgan fingerprint density at radius 1 is 0.864 bits per heavy atom. The molecule has 0 N–H and O–H groups in total.